The molecule has 1 unspecified atom stereocenters. The number of hydrogen-bond donors (Lipinski definition) is 3. The van der Waals surface area contributed by atoms with Crippen LogP contribution in [0.3, 0.4) is 0 Å². The van der Waals surface area contributed by atoms with Crippen LogP contribution in [0.4, 0.5) is 13.2 Å². The molecule has 1 aromatic carbocycles. The first-order valence-electron chi connectivity index (χ1n) is 8.68. The Morgan fingerprint density at radius 1 is 1.30 bits per heavy atom. The average Bonchev–Trinajstić information content (AvgIpc) is 3.10. The summed E-state index contributed by atoms with van der Waals surface area (Å²) in [6.07, 6.45) is -2.81. The van der Waals surface area contributed by atoms with Crippen LogP contribution in [-0.4, -0.2) is 51.0 Å². The van der Waals surface area contributed by atoms with Crippen LogP contribution < -0.4 is 10.6 Å². The first kappa shape index (κ1) is 21.1. The number of alkyl halides is 3. The molecular weight excluding hydrogens is 359 g/mol. The van der Waals surface area contributed by atoms with E-state index in [0.717, 1.165) is 18.6 Å². The topological polar surface area (TPSA) is 65.9 Å². The van der Waals surface area contributed by atoms with E-state index in [1.54, 1.807) is 7.05 Å². The molecule has 0 spiro atoms. The van der Waals surface area contributed by atoms with Gasteiger partial charge < -0.3 is 20.5 Å². The van der Waals surface area contributed by atoms with Crippen LogP contribution in [0.5, 0.6) is 0 Å². The zero-order valence-electron chi connectivity index (χ0n) is 15.2. The maximum absolute atomic E-state index is 12.5. The number of rotatable bonds is 5. The van der Waals surface area contributed by atoms with E-state index < -0.39 is 11.7 Å². The monoisotopic (exact) mass is 383 g/mol. The molecule has 1 aromatic rings. The number of nitrogens with zero attached hydrogens (tertiary/aromatic N) is 1. The number of ether oxygens (including phenoxy) is 1. The fraction of sp³-hybridized carbons (Fsp3) is 0.526. The number of aliphatic hydroxyl groups excluding tert-OH is 1. The molecule has 1 fully saturated rings. The molecule has 8 heteroatoms. The average molecular weight is 383 g/mol. The zero-order chi connectivity index (χ0) is 19.8. The van der Waals surface area contributed by atoms with Crippen molar-refractivity contribution in [3.63, 3.8) is 0 Å². The second-order valence-electron chi connectivity index (χ2n) is 6.43. The Balaban J connectivity index is 1.82. The first-order valence-corrected chi connectivity index (χ1v) is 8.68. The quantitative estimate of drug-likeness (QED) is 0.414. The highest BCUT2D eigenvalue weighted by Crippen LogP contribution is 2.31. The Morgan fingerprint density at radius 2 is 2.04 bits per heavy atom. The predicted molar refractivity (Wildman–Crippen MR) is 97.3 cm³/mol. The third-order valence-electron chi connectivity index (χ3n) is 4.47. The standard InChI is InChI=1S/C19H24F3N3O2/c1-23-17(25-13-18(8-11-26)9-12-27-14-18)24-10-2-3-15-4-6-16(7-5-15)19(20,21)22/h4-7,26H,8-14H2,1H3,(H2,23,24,25). The summed E-state index contributed by atoms with van der Waals surface area (Å²) in [5.41, 5.74) is -0.278. The maximum atomic E-state index is 12.5. The minimum Gasteiger partial charge on any atom is -0.396 e. The molecule has 1 aliphatic rings. The molecule has 0 amide bonds. The number of halogens is 3. The van der Waals surface area contributed by atoms with Crippen molar-refractivity contribution in [3.8, 4) is 11.8 Å². The van der Waals surface area contributed by atoms with Gasteiger partial charge in [0.05, 0.1) is 18.7 Å². The number of benzene rings is 1. The molecule has 1 heterocycles. The van der Waals surface area contributed by atoms with Crippen molar-refractivity contribution in [1.82, 2.24) is 10.6 Å². The molecule has 1 aliphatic heterocycles. The van der Waals surface area contributed by atoms with E-state index in [1.165, 1.54) is 12.1 Å². The molecule has 0 aromatic heterocycles. The lowest BCUT2D eigenvalue weighted by Gasteiger charge is -2.27. The van der Waals surface area contributed by atoms with Crippen molar-refractivity contribution in [2.24, 2.45) is 10.4 Å². The highest BCUT2D eigenvalue weighted by Gasteiger charge is 2.34. The third-order valence-corrected chi connectivity index (χ3v) is 4.47. The minimum absolute atomic E-state index is 0.0989. The van der Waals surface area contributed by atoms with Gasteiger partial charge in [0, 0.05) is 37.8 Å². The summed E-state index contributed by atoms with van der Waals surface area (Å²) in [7, 11) is 1.64. The van der Waals surface area contributed by atoms with Gasteiger partial charge in [0.1, 0.15) is 0 Å². The molecule has 0 radical (unpaired) electrons. The molecule has 2 rings (SSSR count). The molecule has 1 atom stereocenters. The van der Waals surface area contributed by atoms with Crippen molar-refractivity contribution in [2.45, 2.75) is 19.0 Å². The summed E-state index contributed by atoms with van der Waals surface area (Å²) < 4.78 is 43.0. The fourth-order valence-electron chi connectivity index (χ4n) is 2.82. The van der Waals surface area contributed by atoms with E-state index in [9.17, 15) is 18.3 Å². The molecule has 0 bridgehead atoms. The van der Waals surface area contributed by atoms with Gasteiger partial charge >= 0.3 is 6.18 Å². The van der Waals surface area contributed by atoms with Crippen LogP contribution in [0.2, 0.25) is 0 Å². The van der Waals surface area contributed by atoms with Crippen molar-refractivity contribution >= 4 is 5.96 Å². The molecule has 148 valence electrons. The van der Waals surface area contributed by atoms with E-state index in [-0.39, 0.29) is 12.0 Å². The summed E-state index contributed by atoms with van der Waals surface area (Å²) in [4.78, 5) is 4.12. The van der Waals surface area contributed by atoms with E-state index in [4.69, 9.17) is 4.74 Å². The molecule has 3 N–H and O–H groups in total. The van der Waals surface area contributed by atoms with Crippen molar-refractivity contribution < 1.29 is 23.0 Å². The highest BCUT2D eigenvalue weighted by atomic mass is 19.4. The summed E-state index contributed by atoms with van der Waals surface area (Å²) >= 11 is 0. The highest BCUT2D eigenvalue weighted by molar-refractivity contribution is 5.79. The number of aliphatic imine (C=N–C) groups is 1. The number of guanidine groups is 1. The zero-order valence-corrected chi connectivity index (χ0v) is 15.2. The Bertz CT molecular complexity index is 685. The Kier molecular flexibility index (Phi) is 7.51. The maximum Gasteiger partial charge on any atom is 0.416 e. The number of nitrogens with one attached hydrogen (secondary N) is 2. The van der Waals surface area contributed by atoms with Crippen LogP contribution >= 0.6 is 0 Å². The van der Waals surface area contributed by atoms with Crippen molar-refractivity contribution in [2.75, 3.05) is 40.0 Å². The van der Waals surface area contributed by atoms with Crippen LogP contribution in [0.15, 0.2) is 29.3 Å². The molecule has 1 saturated heterocycles. The van der Waals surface area contributed by atoms with E-state index >= 15 is 0 Å². The second kappa shape index (κ2) is 9.62. The van der Waals surface area contributed by atoms with Crippen LogP contribution in [0.25, 0.3) is 0 Å². The van der Waals surface area contributed by atoms with Gasteiger partial charge in [-0.3, -0.25) is 4.99 Å². The van der Waals surface area contributed by atoms with E-state index in [2.05, 4.69) is 27.5 Å². The third kappa shape index (κ3) is 6.45. The molecule has 0 saturated carbocycles. The normalized spacial score (nSPS) is 20.1. The summed E-state index contributed by atoms with van der Waals surface area (Å²) in [6.45, 7) is 2.32. The van der Waals surface area contributed by atoms with Gasteiger partial charge in [-0.1, -0.05) is 11.8 Å². The Morgan fingerprint density at radius 3 is 2.59 bits per heavy atom. The van der Waals surface area contributed by atoms with Crippen LogP contribution in [0, 0.1) is 17.3 Å². The Labute approximate surface area is 157 Å². The number of aliphatic hydroxyl groups is 1. The fourth-order valence-corrected chi connectivity index (χ4v) is 2.82. The van der Waals surface area contributed by atoms with Crippen LogP contribution in [-0.2, 0) is 10.9 Å². The van der Waals surface area contributed by atoms with Gasteiger partial charge in [0.25, 0.3) is 0 Å². The second-order valence-corrected chi connectivity index (χ2v) is 6.43. The largest absolute Gasteiger partial charge is 0.416 e. The van der Waals surface area contributed by atoms with Gasteiger partial charge in [0.2, 0.25) is 0 Å². The first-order chi connectivity index (χ1) is 12.9. The summed E-state index contributed by atoms with van der Waals surface area (Å²) in [6, 6.07) is 4.73. The molecule has 0 aliphatic carbocycles. The van der Waals surface area contributed by atoms with Gasteiger partial charge in [-0.15, -0.1) is 0 Å². The van der Waals surface area contributed by atoms with Crippen LogP contribution in [0.1, 0.15) is 24.0 Å². The molecular formula is C19H24F3N3O2. The van der Waals surface area contributed by atoms with Gasteiger partial charge in [0.15, 0.2) is 5.96 Å². The summed E-state index contributed by atoms with van der Waals surface area (Å²) in [5, 5.41) is 15.5. The molecule has 5 nitrogen and oxygen atoms in total. The minimum atomic E-state index is -4.34. The summed E-state index contributed by atoms with van der Waals surface area (Å²) in [5.74, 6) is 6.24. The lowest BCUT2D eigenvalue weighted by atomic mass is 9.84. The van der Waals surface area contributed by atoms with Gasteiger partial charge in [-0.05, 0) is 37.1 Å². The Hall–Kier alpha value is -2.24. The van der Waals surface area contributed by atoms with Gasteiger partial charge in [-0.25, -0.2) is 0 Å². The SMILES string of the molecule is CN=C(NCC#Cc1ccc(C(F)(F)F)cc1)NCC1(CCO)CCOC1. The van der Waals surface area contributed by atoms with Gasteiger partial charge in [-0.2, -0.15) is 13.2 Å². The van der Waals surface area contributed by atoms with Crippen molar-refractivity contribution in [3.05, 3.63) is 35.4 Å². The predicted octanol–water partition coefficient (Wildman–Crippen LogP) is 2.01. The lowest BCUT2D eigenvalue weighted by molar-refractivity contribution is -0.137. The van der Waals surface area contributed by atoms with E-state index in [1.807, 2.05) is 0 Å². The molecule has 27 heavy (non-hydrogen) atoms. The van der Waals surface area contributed by atoms with E-state index in [0.29, 0.717) is 44.2 Å². The number of hydrogen-bond acceptors (Lipinski definition) is 3. The van der Waals surface area contributed by atoms with Crippen molar-refractivity contribution in [1.29, 1.82) is 0 Å². The smallest absolute Gasteiger partial charge is 0.396 e. The lowest BCUT2D eigenvalue weighted by Crippen LogP contribution is -2.44.